The van der Waals surface area contributed by atoms with Crippen molar-refractivity contribution in [2.45, 2.75) is 0 Å². The molecule has 1 N–H and O–H groups in total. The van der Waals surface area contributed by atoms with Crippen molar-refractivity contribution in [2.24, 2.45) is 0 Å². The van der Waals surface area contributed by atoms with Crippen LogP contribution in [-0.2, 0) is 9.59 Å². The van der Waals surface area contributed by atoms with E-state index in [2.05, 4.69) is 27.9 Å². The fraction of sp³-hybridized carbons (Fsp3) is 0. The third-order valence-electron chi connectivity index (χ3n) is 3.30. The summed E-state index contributed by atoms with van der Waals surface area (Å²) in [6, 6.07) is 11.7. The highest BCUT2D eigenvalue weighted by molar-refractivity contribution is 14.1. The first-order valence-electron chi connectivity index (χ1n) is 6.64. The third-order valence-corrected chi connectivity index (χ3v) is 5.11. The minimum absolute atomic E-state index is 0.00129. The molecule has 2 aromatic rings. The van der Waals surface area contributed by atoms with E-state index in [1.54, 1.807) is 42.5 Å². The second-order valence-electron chi connectivity index (χ2n) is 4.87. The van der Waals surface area contributed by atoms with Crippen molar-refractivity contribution >= 4 is 80.6 Å². The molecule has 0 unspecified atom stereocenters. The summed E-state index contributed by atoms with van der Waals surface area (Å²) in [5.41, 5.74) is 0.955. The number of nitrogens with one attached hydrogen (secondary N) is 1. The molecule has 0 fully saturated rings. The minimum Gasteiger partial charge on any atom is -0.350 e. The summed E-state index contributed by atoms with van der Waals surface area (Å²) in [5, 5.41) is 3.37. The van der Waals surface area contributed by atoms with E-state index in [1.165, 1.54) is 0 Å². The van der Waals surface area contributed by atoms with E-state index in [-0.39, 0.29) is 10.7 Å². The van der Waals surface area contributed by atoms with Gasteiger partial charge in [0.05, 0.1) is 15.7 Å². The molecule has 2 amide bonds. The molecule has 0 saturated heterocycles. The van der Waals surface area contributed by atoms with Gasteiger partial charge in [0.1, 0.15) is 10.7 Å². The maximum absolute atomic E-state index is 12.6. The number of halogens is 4. The standard InChI is InChI=1S/C16H8Cl3IN2O2/c17-11-6-3-9(7-12(11)18)21-14-13(19)15(23)22(16(14)24)10-4-1-8(20)2-5-10/h1-7,21H. The van der Waals surface area contributed by atoms with Crippen LogP contribution in [0.1, 0.15) is 0 Å². The van der Waals surface area contributed by atoms with Gasteiger partial charge in [0.2, 0.25) is 0 Å². The predicted molar refractivity (Wildman–Crippen MR) is 105 cm³/mol. The molecule has 0 saturated carbocycles. The van der Waals surface area contributed by atoms with Crippen molar-refractivity contribution in [2.75, 3.05) is 10.2 Å². The van der Waals surface area contributed by atoms with Crippen molar-refractivity contribution in [3.8, 4) is 0 Å². The Kier molecular flexibility index (Phi) is 5.05. The second kappa shape index (κ2) is 6.92. The lowest BCUT2D eigenvalue weighted by Crippen LogP contribution is -2.32. The van der Waals surface area contributed by atoms with Gasteiger partial charge in [-0.15, -0.1) is 0 Å². The lowest BCUT2D eigenvalue weighted by molar-refractivity contribution is -0.120. The van der Waals surface area contributed by atoms with Crippen LogP contribution in [0, 0.1) is 3.57 Å². The number of imide groups is 1. The van der Waals surface area contributed by atoms with Gasteiger partial charge in [-0.2, -0.15) is 0 Å². The van der Waals surface area contributed by atoms with Crippen LogP contribution in [0.3, 0.4) is 0 Å². The van der Waals surface area contributed by atoms with Gasteiger partial charge in [0.15, 0.2) is 0 Å². The van der Waals surface area contributed by atoms with Gasteiger partial charge in [-0.25, -0.2) is 4.90 Å². The zero-order chi connectivity index (χ0) is 17.4. The van der Waals surface area contributed by atoms with E-state index in [9.17, 15) is 9.59 Å². The molecule has 1 heterocycles. The van der Waals surface area contributed by atoms with E-state index >= 15 is 0 Å². The average Bonchev–Trinajstić information content (AvgIpc) is 2.76. The summed E-state index contributed by atoms with van der Waals surface area (Å²) in [7, 11) is 0. The number of hydrogen-bond donors (Lipinski definition) is 1. The lowest BCUT2D eigenvalue weighted by Gasteiger charge is -2.15. The Morgan fingerprint density at radius 2 is 1.54 bits per heavy atom. The maximum atomic E-state index is 12.6. The minimum atomic E-state index is -0.578. The van der Waals surface area contributed by atoms with Crippen LogP contribution in [0.2, 0.25) is 10.0 Å². The molecule has 4 nitrogen and oxygen atoms in total. The van der Waals surface area contributed by atoms with Gasteiger partial charge in [0, 0.05) is 9.26 Å². The predicted octanol–water partition coefficient (Wildman–Crippen LogP) is 5.03. The maximum Gasteiger partial charge on any atom is 0.283 e. The number of nitrogens with zero attached hydrogens (tertiary/aromatic N) is 1. The van der Waals surface area contributed by atoms with E-state index in [4.69, 9.17) is 34.8 Å². The number of anilines is 2. The van der Waals surface area contributed by atoms with Gasteiger partial charge in [-0.1, -0.05) is 34.8 Å². The molecule has 1 aliphatic rings. The van der Waals surface area contributed by atoms with E-state index < -0.39 is 11.8 Å². The molecule has 0 aromatic heterocycles. The Morgan fingerprint density at radius 3 is 2.17 bits per heavy atom. The average molecular weight is 494 g/mol. The third kappa shape index (κ3) is 3.26. The Hall–Kier alpha value is -1.28. The summed E-state index contributed by atoms with van der Waals surface area (Å²) in [6.07, 6.45) is 0. The molecule has 0 aliphatic carbocycles. The van der Waals surface area contributed by atoms with Gasteiger partial charge in [-0.3, -0.25) is 9.59 Å². The van der Waals surface area contributed by atoms with Crippen molar-refractivity contribution in [1.29, 1.82) is 0 Å². The molecular weight excluding hydrogens is 485 g/mol. The fourth-order valence-electron chi connectivity index (χ4n) is 2.15. The van der Waals surface area contributed by atoms with Crippen LogP contribution in [-0.4, -0.2) is 11.8 Å². The number of benzene rings is 2. The van der Waals surface area contributed by atoms with Crippen molar-refractivity contribution in [3.63, 3.8) is 0 Å². The summed E-state index contributed by atoms with van der Waals surface area (Å²) in [4.78, 5) is 26.0. The molecule has 122 valence electrons. The Labute approximate surface area is 166 Å². The normalized spacial score (nSPS) is 14.6. The largest absolute Gasteiger partial charge is 0.350 e. The SMILES string of the molecule is O=C1C(Cl)=C(Nc2ccc(Cl)c(Cl)c2)C(=O)N1c1ccc(I)cc1. The highest BCUT2D eigenvalue weighted by Crippen LogP contribution is 2.32. The first kappa shape index (κ1) is 17.5. The lowest BCUT2D eigenvalue weighted by atomic mass is 10.3. The number of rotatable bonds is 3. The smallest absolute Gasteiger partial charge is 0.283 e. The van der Waals surface area contributed by atoms with Gasteiger partial charge < -0.3 is 5.32 Å². The van der Waals surface area contributed by atoms with Crippen LogP contribution in [0.25, 0.3) is 0 Å². The van der Waals surface area contributed by atoms with Crippen LogP contribution in [0.5, 0.6) is 0 Å². The zero-order valence-electron chi connectivity index (χ0n) is 11.8. The number of hydrogen-bond acceptors (Lipinski definition) is 3. The first-order valence-corrected chi connectivity index (χ1v) is 8.86. The van der Waals surface area contributed by atoms with Crippen LogP contribution in [0.15, 0.2) is 53.2 Å². The molecule has 3 rings (SSSR count). The zero-order valence-corrected chi connectivity index (χ0v) is 16.2. The van der Waals surface area contributed by atoms with Crippen LogP contribution >= 0.6 is 57.4 Å². The van der Waals surface area contributed by atoms with Crippen molar-refractivity contribution < 1.29 is 9.59 Å². The van der Waals surface area contributed by atoms with Gasteiger partial charge >= 0.3 is 0 Å². The molecule has 8 heteroatoms. The van der Waals surface area contributed by atoms with E-state index in [1.807, 2.05) is 0 Å². The van der Waals surface area contributed by atoms with E-state index in [0.29, 0.717) is 21.4 Å². The molecular formula is C16H8Cl3IN2O2. The summed E-state index contributed by atoms with van der Waals surface area (Å²) < 4.78 is 0.989. The number of carbonyl (C=O) groups is 2. The highest BCUT2D eigenvalue weighted by Gasteiger charge is 2.38. The molecule has 0 radical (unpaired) electrons. The molecule has 0 atom stereocenters. The van der Waals surface area contributed by atoms with Crippen molar-refractivity contribution in [3.05, 3.63) is 66.8 Å². The number of carbonyl (C=O) groups excluding carboxylic acids is 2. The van der Waals surface area contributed by atoms with Crippen LogP contribution in [0.4, 0.5) is 11.4 Å². The molecule has 0 spiro atoms. The quantitative estimate of drug-likeness (QED) is 0.482. The van der Waals surface area contributed by atoms with E-state index in [0.717, 1.165) is 8.47 Å². The molecule has 0 bridgehead atoms. The fourth-order valence-corrected chi connectivity index (χ4v) is 3.02. The van der Waals surface area contributed by atoms with Gasteiger partial charge in [-0.05, 0) is 65.1 Å². The second-order valence-corrected chi connectivity index (χ2v) is 7.30. The summed E-state index contributed by atoms with van der Waals surface area (Å²) in [5.74, 6) is -1.11. The summed E-state index contributed by atoms with van der Waals surface area (Å²) >= 11 is 20.0. The summed E-state index contributed by atoms with van der Waals surface area (Å²) in [6.45, 7) is 0. The Morgan fingerprint density at radius 1 is 0.875 bits per heavy atom. The monoisotopic (exact) mass is 492 g/mol. The highest BCUT2D eigenvalue weighted by atomic mass is 127. The molecule has 24 heavy (non-hydrogen) atoms. The topological polar surface area (TPSA) is 49.4 Å². The van der Waals surface area contributed by atoms with Gasteiger partial charge in [0.25, 0.3) is 11.8 Å². The Balaban J connectivity index is 1.91. The van der Waals surface area contributed by atoms with Crippen molar-refractivity contribution in [1.82, 2.24) is 0 Å². The molecule has 2 aromatic carbocycles. The first-order chi connectivity index (χ1) is 11.4. The Bertz CT molecular complexity index is 881. The molecule has 1 aliphatic heterocycles. The van der Waals surface area contributed by atoms with Crippen LogP contribution < -0.4 is 10.2 Å². The number of amides is 2.